The van der Waals surface area contributed by atoms with E-state index in [9.17, 15) is 9.59 Å². The molecule has 0 aliphatic carbocycles. The SMILES string of the molecule is C=C(CCCC)C(=O)ONC(=O)OCC. The van der Waals surface area contributed by atoms with Crippen molar-refractivity contribution < 1.29 is 19.2 Å². The third kappa shape index (κ3) is 6.54. The number of hydrogen-bond acceptors (Lipinski definition) is 4. The maximum absolute atomic E-state index is 11.2. The molecule has 0 bridgehead atoms. The van der Waals surface area contributed by atoms with E-state index in [-0.39, 0.29) is 6.61 Å². The first-order chi connectivity index (χ1) is 7.11. The molecule has 0 aliphatic rings. The summed E-state index contributed by atoms with van der Waals surface area (Å²) in [5, 5.41) is 0. The third-order valence-corrected chi connectivity index (χ3v) is 1.62. The van der Waals surface area contributed by atoms with Crippen molar-refractivity contribution in [2.24, 2.45) is 0 Å². The van der Waals surface area contributed by atoms with Gasteiger partial charge in [-0.15, -0.1) is 5.48 Å². The van der Waals surface area contributed by atoms with E-state index in [0.717, 1.165) is 12.8 Å². The van der Waals surface area contributed by atoms with Crippen LogP contribution in [0.2, 0.25) is 0 Å². The molecule has 1 N–H and O–H groups in total. The summed E-state index contributed by atoms with van der Waals surface area (Å²) in [6.45, 7) is 7.44. The smallest absolute Gasteiger partial charge is 0.440 e. The Morgan fingerprint density at radius 1 is 1.33 bits per heavy atom. The summed E-state index contributed by atoms with van der Waals surface area (Å²) in [5.74, 6) is -0.628. The number of carbonyl (C=O) groups excluding carboxylic acids is 2. The molecule has 5 heteroatoms. The number of nitrogens with one attached hydrogen (secondary N) is 1. The Balaban J connectivity index is 3.73. The second-order valence-electron chi connectivity index (χ2n) is 2.92. The predicted molar refractivity (Wildman–Crippen MR) is 54.9 cm³/mol. The topological polar surface area (TPSA) is 64.6 Å². The van der Waals surface area contributed by atoms with E-state index in [4.69, 9.17) is 0 Å². The lowest BCUT2D eigenvalue weighted by Gasteiger charge is -2.06. The van der Waals surface area contributed by atoms with Crippen molar-refractivity contribution in [3.8, 4) is 0 Å². The fraction of sp³-hybridized carbons (Fsp3) is 0.600. The van der Waals surface area contributed by atoms with E-state index in [0.29, 0.717) is 12.0 Å². The molecule has 0 fully saturated rings. The highest BCUT2D eigenvalue weighted by atomic mass is 16.7. The fourth-order valence-electron chi connectivity index (χ4n) is 0.813. The van der Waals surface area contributed by atoms with Gasteiger partial charge in [-0.1, -0.05) is 19.9 Å². The lowest BCUT2D eigenvalue weighted by molar-refractivity contribution is -0.145. The fourth-order valence-corrected chi connectivity index (χ4v) is 0.813. The van der Waals surface area contributed by atoms with Gasteiger partial charge in [0.25, 0.3) is 0 Å². The molecule has 0 spiro atoms. The minimum atomic E-state index is -0.783. The Kier molecular flexibility index (Phi) is 7.05. The normalized spacial score (nSPS) is 9.20. The molecular formula is C10H17NO4. The Hall–Kier alpha value is -1.52. The van der Waals surface area contributed by atoms with Crippen molar-refractivity contribution in [3.63, 3.8) is 0 Å². The van der Waals surface area contributed by atoms with Crippen molar-refractivity contribution in [2.75, 3.05) is 6.61 Å². The van der Waals surface area contributed by atoms with Gasteiger partial charge in [0.15, 0.2) is 0 Å². The first-order valence-corrected chi connectivity index (χ1v) is 4.93. The quantitative estimate of drug-likeness (QED) is 0.562. The van der Waals surface area contributed by atoms with Crippen LogP contribution in [0, 0.1) is 0 Å². The van der Waals surface area contributed by atoms with Crippen LogP contribution in [0.15, 0.2) is 12.2 Å². The first-order valence-electron chi connectivity index (χ1n) is 4.93. The summed E-state index contributed by atoms with van der Waals surface area (Å²) < 4.78 is 4.50. The van der Waals surface area contributed by atoms with Gasteiger partial charge in [-0.3, -0.25) is 0 Å². The summed E-state index contributed by atoms with van der Waals surface area (Å²) in [4.78, 5) is 26.4. The number of rotatable bonds is 5. The molecule has 0 unspecified atom stereocenters. The van der Waals surface area contributed by atoms with Crippen molar-refractivity contribution in [1.29, 1.82) is 0 Å². The van der Waals surface area contributed by atoms with Crippen molar-refractivity contribution in [3.05, 3.63) is 12.2 Å². The molecule has 0 rings (SSSR count). The molecule has 0 aliphatic heterocycles. The van der Waals surface area contributed by atoms with Crippen LogP contribution in [0.4, 0.5) is 4.79 Å². The average molecular weight is 215 g/mol. The summed E-state index contributed by atoms with van der Waals surface area (Å²) in [7, 11) is 0. The molecule has 86 valence electrons. The van der Waals surface area contributed by atoms with Crippen LogP contribution in [0.25, 0.3) is 0 Å². The Morgan fingerprint density at radius 2 is 2.00 bits per heavy atom. The van der Waals surface area contributed by atoms with Crippen LogP contribution in [-0.2, 0) is 14.4 Å². The lowest BCUT2D eigenvalue weighted by Crippen LogP contribution is -2.28. The first kappa shape index (κ1) is 13.5. The second kappa shape index (κ2) is 7.84. The Morgan fingerprint density at radius 3 is 2.53 bits per heavy atom. The number of ether oxygens (including phenoxy) is 1. The summed E-state index contributed by atoms with van der Waals surface area (Å²) in [6, 6.07) is 0. The van der Waals surface area contributed by atoms with Crippen LogP contribution >= 0.6 is 0 Å². The van der Waals surface area contributed by atoms with Crippen LogP contribution in [0.3, 0.4) is 0 Å². The largest absolute Gasteiger partial charge is 0.448 e. The van der Waals surface area contributed by atoms with Gasteiger partial charge < -0.3 is 9.57 Å². The highest BCUT2D eigenvalue weighted by molar-refractivity contribution is 5.88. The van der Waals surface area contributed by atoms with Gasteiger partial charge in [-0.2, -0.15) is 0 Å². The number of amides is 1. The van der Waals surface area contributed by atoms with Gasteiger partial charge in [-0.05, 0) is 19.8 Å². The molecule has 5 nitrogen and oxygen atoms in total. The third-order valence-electron chi connectivity index (χ3n) is 1.62. The number of hydroxylamine groups is 1. The van der Waals surface area contributed by atoms with Crippen molar-refractivity contribution in [2.45, 2.75) is 33.1 Å². The van der Waals surface area contributed by atoms with E-state index in [2.05, 4.69) is 16.2 Å². The molecule has 0 aromatic rings. The second-order valence-corrected chi connectivity index (χ2v) is 2.92. The predicted octanol–water partition coefficient (Wildman–Crippen LogP) is 1.94. The highest BCUT2D eigenvalue weighted by Gasteiger charge is 2.10. The van der Waals surface area contributed by atoms with Gasteiger partial charge in [0, 0.05) is 5.57 Å². The standard InChI is InChI=1S/C10H17NO4/c1-4-6-7-8(3)9(12)15-11-10(13)14-5-2/h3-7H2,1-2H3,(H,11,13). The maximum atomic E-state index is 11.2. The Bertz CT molecular complexity index is 238. The highest BCUT2D eigenvalue weighted by Crippen LogP contribution is 2.05. The molecular weight excluding hydrogens is 198 g/mol. The van der Waals surface area contributed by atoms with Gasteiger partial charge in [0.1, 0.15) is 0 Å². The summed E-state index contributed by atoms with van der Waals surface area (Å²) >= 11 is 0. The monoisotopic (exact) mass is 215 g/mol. The van der Waals surface area contributed by atoms with Crippen LogP contribution in [-0.4, -0.2) is 18.7 Å². The van der Waals surface area contributed by atoms with Gasteiger partial charge in [0.2, 0.25) is 0 Å². The number of hydrogen-bond donors (Lipinski definition) is 1. The van der Waals surface area contributed by atoms with E-state index in [1.165, 1.54) is 0 Å². The molecule has 0 radical (unpaired) electrons. The maximum Gasteiger partial charge on any atom is 0.440 e. The zero-order chi connectivity index (χ0) is 11.7. The summed E-state index contributed by atoms with van der Waals surface area (Å²) in [5.41, 5.74) is 2.21. The van der Waals surface area contributed by atoms with Gasteiger partial charge >= 0.3 is 12.1 Å². The minimum Gasteiger partial charge on any atom is -0.448 e. The molecule has 15 heavy (non-hydrogen) atoms. The van der Waals surface area contributed by atoms with E-state index in [1.54, 1.807) is 6.92 Å². The van der Waals surface area contributed by atoms with E-state index in [1.807, 2.05) is 12.4 Å². The van der Waals surface area contributed by atoms with Gasteiger partial charge in [0.05, 0.1) is 6.61 Å². The van der Waals surface area contributed by atoms with Crippen LogP contribution < -0.4 is 5.48 Å². The zero-order valence-corrected chi connectivity index (χ0v) is 9.17. The molecule has 0 aromatic carbocycles. The molecule has 0 saturated heterocycles. The van der Waals surface area contributed by atoms with E-state index < -0.39 is 12.1 Å². The molecule has 0 saturated carbocycles. The molecule has 0 atom stereocenters. The van der Waals surface area contributed by atoms with Crippen molar-refractivity contribution in [1.82, 2.24) is 5.48 Å². The average Bonchev–Trinajstić information content (AvgIpc) is 2.22. The zero-order valence-electron chi connectivity index (χ0n) is 9.17. The molecule has 0 aromatic heterocycles. The van der Waals surface area contributed by atoms with Gasteiger partial charge in [-0.25, -0.2) is 9.59 Å². The lowest BCUT2D eigenvalue weighted by atomic mass is 10.1. The van der Waals surface area contributed by atoms with Crippen molar-refractivity contribution >= 4 is 12.1 Å². The summed E-state index contributed by atoms with van der Waals surface area (Å²) in [6.07, 6.45) is 1.62. The van der Waals surface area contributed by atoms with Crippen LogP contribution in [0.1, 0.15) is 33.1 Å². The van der Waals surface area contributed by atoms with E-state index >= 15 is 0 Å². The number of unbranched alkanes of at least 4 members (excludes halogenated alkanes) is 1. The number of carbonyl (C=O) groups is 2. The molecule has 0 heterocycles. The Labute approximate surface area is 89.4 Å². The minimum absolute atomic E-state index is 0.222. The van der Waals surface area contributed by atoms with Crippen LogP contribution in [0.5, 0.6) is 0 Å². The molecule has 1 amide bonds.